The van der Waals surface area contributed by atoms with Crippen LogP contribution in [0.25, 0.3) is 11.3 Å². The first kappa shape index (κ1) is 20.4. The van der Waals surface area contributed by atoms with E-state index in [0.29, 0.717) is 21.2 Å². The van der Waals surface area contributed by atoms with Crippen LogP contribution in [0.15, 0.2) is 33.6 Å². The average molecular weight is 455 g/mol. The van der Waals surface area contributed by atoms with E-state index in [1.165, 1.54) is 19.3 Å². The molecule has 0 spiro atoms. The van der Waals surface area contributed by atoms with Crippen LogP contribution < -0.4 is 4.74 Å². The zero-order chi connectivity index (χ0) is 19.6. The molecule has 148 valence electrons. The molecule has 1 fully saturated rings. The van der Waals surface area contributed by atoms with Gasteiger partial charge in [0.15, 0.2) is 9.84 Å². The molecular formula is C20H27BrN2O3S. The van der Waals surface area contributed by atoms with Crippen molar-refractivity contribution in [2.24, 2.45) is 0 Å². The van der Waals surface area contributed by atoms with Crippen molar-refractivity contribution in [3.8, 4) is 17.0 Å². The van der Waals surface area contributed by atoms with Gasteiger partial charge in [-0.1, -0.05) is 13.3 Å². The van der Waals surface area contributed by atoms with Gasteiger partial charge in [0, 0.05) is 23.0 Å². The van der Waals surface area contributed by atoms with Crippen LogP contribution in [0.1, 0.15) is 44.8 Å². The van der Waals surface area contributed by atoms with Crippen LogP contribution in [-0.4, -0.2) is 44.3 Å². The highest BCUT2D eigenvalue weighted by Crippen LogP contribution is 2.39. The number of piperidine rings is 1. The van der Waals surface area contributed by atoms with Crippen LogP contribution >= 0.6 is 15.9 Å². The number of methoxy groups -OCH3 is 1. The Balaban J connectivity index is 1.99. The van der Waals surface area contributed by atoms with Crippen molar-refractivity contribution in [1.82, 2.24) is 9.88 Å². The number of nitrogens with one attached hydrogen (secondary N) is 1. The van der Waals surface area contributed by atoms with E-state index in [0.717, 1.165) is 30.0 Å². The molecule has 1 aromatic heterocycles. The topological polar surface area (TPSA) is 62.4 Å². The first-order valence-corrected chi connectivity index (χ1v) is 11.9. The molecule has 1 aromatic carbocycles. The van der Waals surface area contributed by atoms with E-state index < -0.39 is 9.84 Å². The smallest absolute Gasteiger partial charge is 0.178 e. The maximum atomic E-state index is 12.4. The van der Waals surface area contributed by atoms with Crippen molar-refractivity contribution < 1.29 is 13.2 Å². The fraction of sp³-hybridized carbons (Fsp3) is 0.500. The minimum absolute atomic E-state index is 0.0627. The Morgan fingerprint density at radius 1 is 1.22 bits per heavy atom. The first-order valence-electron chi connectivity index (χ1n) is 9.41. The maximum Gasteiger partial charge on any atom is 0.178 e. The van der Waals surface area contributed by atoms with E-state index in [1.807, 2.05) is 6.07 Å². The van der Waals surface area contributed by atoms with Gasteiger partial charge in [0.25, 0.3) is 0 Å². The number of aromatic amines is 1. The van der Waals surface area contributed by atoms with E-state index in [2.05, 4.69) is 38.8 Å². The molecule has 1 aliphatic heterocycles. The first-order chi connectivity index (χ1) is 12.9. The summed E-state index contributed by atoms with van der Waals surface area (Å²) in [5, 5.41) is 0. The highest BCUT2D eigenvalue weighted by molar-refractivity contribution is 9.10. The molecule has 3 rings (SSSR count). The highest BCUT2D eigenvalue weighted by atomic mass is 79.9. The molecule has 5 nitrogen and oxygen atoms in total. The van der Waals surface area contributed by atoms with Crippen LogP contribution in [0, 0.1) is 0 Å². The molecule has 7 heteroatoms. The second-order valence-corrected chi connectivity index (χ2v) is 10.1. The predicted octanol–water partition coefficient (Wildman–Crippen LogP) is 4.79. The van der Waals surface area contributed by atoms with Crippen LogP contribution in [-0.2, 0) is 9.84 Å². The number of ether oxygens (including phenoxy) is 1. The molecule has 0 aliphatic carbocycles. The van der Waals surface area contributed by atoms with Crippen molar-refractivity contribution in [3.63, 3.8) is 0 Å². The van der Waals surface area contributed by atoms with Gasteiger partial charge in [-0.05, 0) is 73.1 Å². The van der Waals surface area contributed by atoms with Gasteiger partial charge in [-0.15, -0.1) is 0 Å². The number of hydrogen-bond acceptors (Lipinski definition) is 4. The van der Waals surface area contributed by atoms with Crippen LogP contribution in [0.3, 0.4) is 0 Å². The van der Waals surface area contributed by atoms with Gasteiger partial charge in [0.05, 0.1) is 22.2 Å². The second kappa shape index (κ2) is 8.37. The lowest BCUT2D eigenvalue weighted by Gasteiger charge is -2.31. The van der Waals surface area contributed by atoms with E-state index in [-0.39, 0.29) is 5.75 Å². The van der Waals surface area contributed by atoms with E-state index in [1.54, 1.807) is 26.2 Å². The van der Waals surface area contributed by atoms with Gasteiger partial charge < -0.3 is 9.72 Å². The second-order valence-electron chi connectivity index (χ2n) is 6.99. The van der Waals surface area contributed by atoms with Crippen LogP contribution in [0.5, 0.6) is 5.75 Å². The molecule has 1 aliphatic rings. The third-order valence-corrected chi connectivity index (χ3v) is 7.65. The fourth-order valence-electron chi connectivity index (χ4n) is 3.64. The van der Waals surface area contributed by atoms with Crippen molar-refractivity contribution in [1.29, 1.82) is 0 Å². The molecule has 1 unspecified atom stereocenters. The molecule has 1 saturated heterocycles. The van der Waals surface area contributed by atoms with Gasteiger partial charge >= 0.3 is 0 Å². The van der Waals surface area contributed by atoms with Gasteiger partial charge in [0.2, 0.25) is 0 Å². The Bertz CT molecular complexity index is 902. The van der Waals surface area contributed by atoms with Crippen molar-refractivity contribution in [3.05, 3.63) is 34.4 Å². The molecule has 27 heavy (non-hydrogen) atoms. The molecule has 0 amide bonds. The fourth-order valence-corrected chi connectivity index (χ4v) is 5.34. The molecule has 2 aromatic rings. The number of rotatable bonds is 6. The lowest BCUT2D eigenvalue weighted by molar-refractivity contribution is 0.172. The monoisotopic (exact) mass is 454 g/mol. The zero-order valence-electron chi connectivity index (χ0n) is 16.1. The van der Waals surface area contributed by atoms with Crippen molar-refractivity contribution >= 4 is 25.8 Å². The van der Waals surface area contributed by atoms with Gasteiger partial charge in [-0.3, -0.25) is 4.90 Å². The summed E-state index contributed by atoms with van der Waals surface area (Å²) in [6.45, 7) is 6.11. The Hall–Kier alpha value is -1.31. The lowest BCUT2D eigenvalue weighted by Crippen LogP contribution is -2.32. The maximum absolute atomic E-state index is 12.4. The Kier molecular flexibility index (Phi) is 6.33. The van der Waals surface area contributed by atoms with Crippen LogP contribution in [0.4, 0.5) is 0 Å². The number of H-pyrrole nitrogens is 1. The van der Waals surface area contributed by atoms with E-state index in [4.69, 9.17) is 4.74 Å². The van der Waals surface area contributed by atoms with Gasteiger partial charge in [0.1, 0.15) is 5.75 Å². The number of aromatic nitrogens is 1. The predicted molar refractivity (Wildman–Crippen MR) is 112 cm³/mol. The quantitative estimate of drug-likeness (QED) is 0.680. The molecule has 0 saturated carbocycles. The number of benzene rings is 1. The number of likely N-dealkylation sites (tertiary alicyclic amines) is 1. The summed E-state index contributed by atoms with van der Waals surface area (Å²) in [7, 11) is -1.72. The van der Waals surface area contributed by atoms with E-state index >= 15 is 0 Å². The summed E-state index contributed by atoms with van der Waals surface area (Å²) < 4.78 is 30.9. The Morgan fingerprint density at radius 2 is 1.93 bits per heavy atom. The lowest BCUT2D eigenvalue weighted by atomic mass is 10.1. The molecule has 0 bridgehead atoms. The molecular weight excluding hydrogens is 428 g/mol. The van der Waals surface area contributed by atoms with Gasteiger partial charge in [-0.2, -0.15) is 0 Å². The molecule has 0 radical (unpaired) electrons. The zero-order valence-corrected chi connectivity index (χ0v) is 18.5. The summed E-state index contributed by atoms with van der Waals surface area (Å²) in [5.41, 5.74) is 2.74. The summed E-state index contributed by atoms with van der Waals surface area (Å²) in [6, 6.07) is 7.70. The number of halogens is 1. The van der Waals surface area contributed by atoms with Crippen molar-refractivity contribution in [2.75, 3.05) is 26.0 Å². The summed E-state index contributed by atoms with van der Waals surface area (Å²) in [4.78, 5) is 6.28. The van der Waals surface area contributed by atoms with Crippen LogP contribution in [0.2, 0.25) is 0 Å². The summed E-state index contributed by atoms with van der Waals surface area (Å²) in [6.07, 6.45) is 3.80. The minimum Gasteiger partial charge on any atom is -0.495 e. The average Bonchev–Trinajstić information content (AvgIpc) is 3.17. The third-order valence-electron chi connectivity index (χ3n) is 5.35. The normalized spacial score (nSPS) is 17.0. The molecule has 1 N–H and O–H groups in total. The van der Waals surface area contributed by atoms with Crippen molar-refractivity contribution in [2.45, 2.75) is 44.0 Å². The molecule has 2 heterocycles. The molecule has 1 atom stereocenters. The Morgan fingerprint density at radius 3 is 2.56 bits per heavy atom. The largest absolute Gasteiger partial charge is 0.495 e. The summed E-state index contributed by atoms with van der Waals surface area (Å²) >= 11 is 3.46. The van der Waals surface area contributed by atoms with Gasteiger partial charge in [-0.25, -0.2) is 8.42 Å². The minimum atomic E-state index is -3.31. The summed E-state index contributed by atoms with van der Waals surface area (Å²) in [5.74, 6) is 0.691. The standard InChI is InChI=1S/C20H27BrN2O3S/c1-4-27(24,25)15-12-16(20(26-3)17(21)13-15)19-9-8-18(22-19)14(2)23-10-6-5-7-11-23/h8-9,12-14,22H,4-7,10-11H2,1-3H3. The number of nitrogens with zero attached hydrogens (tertiary/aromatic N) is 1. The Labute approximate surface area is 170 Å². The number of hydrogen-bond donors (Lipinski definition) is 1. The SMILES string of the molecule is CCS(=O)(=O)c1cc(Br)c(OC)c(-c2ccc(C(C)N3CCCCC3)[nH]2)c1. The number of sulfone groups is 1. The van der Waals surface area contributed by atoms with E-state index in [9.17, 15) is 8.42 Å². The third kappa shape index (κ3) is 4.25. The highest BCUT2D eigenvalue weighted by Gasteiger charge is 2.22.